The Labute approximate surface area is 184 Å². The fraction of sp³-hybridized carbons (Fsp3) is 0.500. The molecule has 0 heterocycles. The van der Waals surface area contributed by atoms with Crippen molar-refractivity contribution in [2.75, 3.05) is 12.4 Å². The summed E-state index contributed by atoms with van der Waals surface area (Å²) >= 11 is 0. The molecule has 0 unspecified atom stereocenters. The second-order valence-corrected chi connectivity index (χ2v) is 7.82. The van der Waals surface area contributed by atoms with E-state index < -0.39 is 18.2 Å². The smallest absolute Gasteiger partial charge is 0.490 e. The SMILES string of the molecule is COc1ccc(NC(=O)/C=C/[C@@H](CC(=O)[C@@H](N)C(C)C)C2CC2)cc1.O=C(O)C(F)(F)F. The second-order valence-electron chi connectivity index (χ2n) is 7.82. The lowest BCUT2D eigenvalue weighted by atomic mass is 9.90. The van der Waals surface area contributed by atoms with Crippen LogP contribution in [-0.4, -0.2) is 42.1 Å². The third-order valence-electron chi connectivity index (χ3n) is 4.85. The Bertz CT molecular complexity index is 803. The number of benzene rings is 1. The summed E-state index contributed by atoms with van der Waals surface area (Å²) in [6, 6.07) is 6.72. The van der Waals surface area contributed by atoms with Crippen molar-refractivity contribution >= 4 is 23.3 Å². The number of halogens is 3. The molecule has 178 valence electrons. The second kappa shape index (κ2) is 12.2. The Kier molecular flexibility index (Phi) is 10.4. The predicted molar refractivity (Wildman–Crippen MR) is 113 cm³/mol. The fourth-order valence-electron chi connectivity index (χ4n) is 2.73. The minimum atomic E-state index is -5.08. The van der Waals surface area contributed by atoms with Gasteiger partial charge >= 0.3 is 12.1 Å². The molecule has 0 aliphatic heterocycles. The van der Waals surface area contributed by atoms with Crippen molar-refractivity contribution in [3.05, 3.63) is 36.4 Å². The van der Waals surface area contributed by atoms with E-state index in [1.54, 1.807) is 31.4 Å². The van der Waals surface area contributed by atoms with Crippen LogP contribution in [0, 0.1) is 17.8 Å². The van der Waals surface area contributed by atoms with Gasteiger partial charge in [-0.05, 0) is 60.9 Å². The average molecular weight is 458 g/mol. The van der Waals surface area contributed by atoms with Gasteiger partial charge in [-0.25, -0.2) is 4.79 Å². The Morgan fingerprint density at radius 1 is 1.22 bits per heavy atom. The molecular weight excluding hydrogens is 429 g/mol. The number of carbonyl (C=O) groups is 3. The number of alkyl halides is 3. The highest BCUT2D eigenvalue weighted by Crippen LogP contribution is 2.39. The molecule has 32 heavy (non-hydrogen) atoms. The van der Waals surface area contributed by atoms with E-state index in [9.17, 15) is 22.8 Å². The van der Waals surface area contributed by atoms with E-state index in [0.717, 1.165) is 18.6 Å². The number of nitrogens with one attached hydrogen (secondary N) is 1. The van der Waals surface area contributed by atoms with Crippen molar-refractivity contribution in [2.45, 2.75) is 45.3 Å². The number of carboxylic acid groups (broad SMARTS) is 1. The van der Waals surface area contributed by atoms with Gasteiger partial charge in [0.15, 0.2) is 0 Å². The van der Waals surface area contributed by atoms with Gasteiger partial charge in [0.05, 0.1) is 13.2 Å². The highest BCUT2D eigenvalue weighted by Gasteiger charge is 2.38. The molecule has 1 amide bonds. The van der Waals surface area contributed by atoms with Gasteiger partial charge in [-0.3, -0.25) is 9.59 Å². The van der Waals surface area contributed by atoms with Crippen molar-refractivity contribution in [1.82, 2.24) is 0 Å². The quantitative estimate of drug-likeness (QED) is 0.485. The molecule has 1 aliphatic rings. The number of carbonyl (C=O) groups excluding carboxylic acids is 2. The normalized spacial score (nSPS) is 15.5. The maximum absolute atomic E-state index is 12.3. The summed E-state index contributed by atoms with van der Waals surface area (Å²) in [4.78, 5) is 33.3. The van der Waals surface area contributed by atoms with Crippen molar-refractivity contribution in [3.63, 3.8) is 0 Å². The summed E-state index contributed by atoms with van der Waals surface area (Å²) in [5, 5.41) is 9.94. The van der Waals surface area contributed by atoms with Crippen molar-refractivity contribution in [1.29, 1.82) is 0 Å². The molecule has 1 saturated carbocycles. The van der Waals surface area contributed by atoms with E-state index in [0.29, 0.717) is 18.0 Å². The minimum Gasteiger partial charge on any atom is -0.497 e. The number of hydrogen-bond acceptors (Lipinski definition) is 5. The van der Waals surface area contributed by atoms with E-state index in [4.69, 9.17) is 20.4 Å². The number of rotatable bonds is 9. The number of allylic oxidation sites excluding steroid dienone is 1. The zero-order valence-electron chi connectivity index (χ0n) is 18.2. The first-order chi connectivity index (χ1) is 14.8. The van der Waals surface area contributed by atoms with Crippen LogP contribution in [0.25, 0.3) is 0 Å². The molecule has 1 aromatic carbocycles. The third-order valence-corrected chi connectivity index (χ3v) is 4.85. The van der Waals surface area contributed by atoms with E-state index in [1.807, 2.05) is 19.9 Å². The Morgan fingerprint density at radius 2 is 1.75 bits per heavy atom. The number of carboxylic acids is 1. The van der Waals surface area contributed by atoms with Crippen LogP contribution in [-0.2, 0) is 14.4 Å². The number of amides is 1. The molecule has 4 N–H and O–H groups in total. The summed E-state index contributed by atoms with van der Waals surface area (Å²) in [6.45, 7) is 3.90. The van der Waals surface area contributed by atoms with Gasteiger partial charge in [-0.2, -0.15) is 13.2 Å². The Balaban J connectivity index is 0.000000633. The Morgan fingerprint density at radius 3 is 2.16 bits per heavy atom. The van der Waals surface area contributed by atoms with Gasteiger partial charge in [0.25, 0.3) is 0 Å². The van der Waals surface area contributed by atoms with E-state index >= 15 is 0 Å². The summed E-state index contributed by atoms with van der Waals surface area (Å²) < 4.78 is 36.8. The first-order valence-electron chi connectivity index (χ1n) is 10.1. The van der Waals surface area contributed by atoms with Gasteiger partial charge in [0.1, 0.15) is 11.5 Å². The Hall–Kier alpha value is -2.88. The fourth-order valence-corrected chi connectivity index (χ4v) is 2.73. The molecule has 0 bridgehead atoms. The highest BCUT2D eigenvalue weighted by molar-refractivity contribution is 5.99. The number of hydrogen-bond donors (Lipinski definition) is 3. The predicted octanol–water partition coefficient (Wildman–Crippen LogP) is 3.79. The summed E-state index contributed by atoms with van der Waals surface area (Å²) in [6.07, 6.45) is 0.942. The molecule has 0 saturated heterocycles. The van der Waals surface area contributed by atoms with Crippen LogP contribution in [0.15, 0.2) is 36.4 Å². The van der Waals surface area contributed by atoms with Gasteiger partial charge in [-0.15, -0.1) is 0 Å². The zero-order valence-corrected chi connectivity index (χ0v) is 18.2. The van der Waals surface area contributed by atoms with E-state index in [2.05, 4.69) is 5.32 Å². The van der Waals surface area contributed by atoms with Crippen LogP contribution < -0.4 is 15.8 Å². The molecule has 0 spiro atoms. The van der Waals surface area contributed by atoms with Gasteiger partial charge in [-0.1, -0.05) is 19.9 Å². The van der Waals surface area contributed by atoms with Gasteiger partial charge in [0, 0.05) is 12.1 Å². The van der Waals surface area contributed by atoms with Crippen LogP contribution >= 0.6 is 0 Å². The van der Waals surface area contributed by atoms with Gasteiger partial charge < -0.3 is 20.9 Å². The molecule has 10 heteroatoms. The maximum Gasteiger partial charge on any atom is 0.490 e. The molecule has 0 aromatic heterocycles. The maximum atomic E-state index is 12.3. The van der Waals surface area contributed by atoms with Crippen LogP contribution in [0.5, 0.6) is 5.75 Å². The molecular formula is C22H29F3N2O5. The number of Topliss-reactive ketones (excluding diaryl/α,β-unsaturated/α-hetero) is 1. The molecule has 0 radical (unpaired) electrons. The van der Waals surface area contributed by atoms with E-state index in [1.165, 1.54) is 6.08 Å². The number of ketones is 1. The lowest BCUT2D eigenvalue weighted by Gasteiger charge is -2.17. The number of ether oxygens (including phenoxy) is 1. The molecule has 1 fully saturated rings. The number of anilines is 1. The number of methoxy groups -OCH3 is 1. The van der Waals surface area contributed by atoms with Crippen molar-refractivity contribution in [2.24, 2.45) is 23.5 Å². The standard InChI is InChI=1S/C20H28N2O3.C2HF3O2/c1-13(2)20(21)18(23)12-15(14-4-5-14)6-11-19(24)22-16-7-9-17(25-3)10-8-16;3-2(4,5)1(6)7/h6-11,13-15,20H,4-5,12,21H2,1-3H3,(H,22,24);(H,6,7)/b11-6+;/t15-,20-;/m0./s1. The molecule has 2 rings (SSSR count). The van der Waals surface area contributed by atoms with Crippen molar-refractivity contribution in [3.8, 4) is 5.75 Å². The zero-order chi connectivity index (χ0) is 24.5. The van der Waals surface area contributed by atoms with Gasteiger partial charge in [0.2, 0.25) is 5.91 Å². The average Bonchev–Trinajstić information content (AvgIpc) is 3.55. The van der Waals surface area contributed by atoms with Crippen LogP contribution in [0.3, 0.4) is 0 Å². The summed E-state index contributed by atoms with van der Waals surface area (Å²) in [5.41, 5.74) is 6.65. The molecule has 7 nitrogen and oxygen atoms in total. The molecule has 1 aromatic rings. The first-order valence-corrected chi connectivity index (χ1v) is 10.1. The largest absolute Gasteiger partial charge is 0.497 e. The third kappa shape index (κ3) is 9.95. The summed E-state index contributed by atoms with van der Waals surface area (Å²) in [5.74, 6) is -1.42. The molecule has 2 atom stereocenters. The highest BCUT2D eigenvalue weighted by atomic mass is 19.4. The van der Waals surface area contributed by atoms with Crippen LogP contribution in [0.1, 0.15) is 33.1 Å². The number of aliphatic carboxylic acids is 1. The topological polar surface area (TPSA) is 119 Å². The number of nitrogens with two attached hydrogens (primary N) is 1. The summed E-state index contributed by atoms with van der Waals surface area (Å²) in [7, 11) is 1.60. The monoisotopic (exact) mass is 458 g/mol. The van der Waals surface area contributed by atoms with Crippen molar-refractivity contribution < 1.29 is 37.4 Å². The minimum absolute atomic E-state index is 0.0760. The van der Waals surface area contributed by atoms with Crippen LogP contribution in [0.4, 0.5) is 18.9 Å². The lowest BCUT2D eigenvalue weighted by molar-refractivity contribution is -0.192. The molecule has 1 aliphatic carbocycles. The van der Waals surface area contributed by atoms with Crippen LogP contribution in [0.2, 0.25) is 0 Å². The lowest BCUT2D eigenvalue weighted by Crippen LogP contribution is -2.36. The van der Waals surface area contributed by atoms with E-state index in [-0.39, 0.29) is 23.5 Å². The first kappa shape index (κ1) is 27.2.